The lowest BCUT2D eigenvalue weighted by Crippen LogP contribution is -2.22. The van der Waals surface area contributed by atoms with Gasteiger partial charge in [0.1, 0.15) is 5.69 Å². The van der Waals surface area contributed by atoms with E-state index in [9.17, 15) is 9.59 Å². The van der Waals surface area contributed by atoms with E-state index >= 15 is 0 Å². The Kier molecular flexibility index (Phi) is 3.39. The highest BCUT2D eigenvalue weighted by Crippen LogP contribution is 2.16. The monoisotopic (exact) mass is 315 g/mol. The molecule has 2 aromatic heterocycles. The zero-order chi connectivity index (χ0) is 16.5. The first-order chi connectivity index (χ1) is 11.7. The van der Waals surface area contributed by atoms with Gasteiger partial charge in [-0.05, 0) is 11.5 Å². The normalized spacial score (nSPS) is 11.0. The van der Waals surface area contributed by atoms with E-state index in [4.69, 9.17) is 0 Å². The maximum Gasteiger partial charge on any atom is 0.295 e. The van der Waals surface area contributed by atoms with Crippen LogP contribution in [0.25, 0.3) is 16.4 Å². The van der Waals surface area contributed by atoms with Gasteiger partial charge in [0.05, 0.1) is 6.42 Å². The summed E-state index contributed by atoms with van der Waals surface area (Å²) in [5, 5.41) is 6.15. The number of carbonyl (C=O) groups is 1. The number of hydrogen-bond donors (Lipinski definition) is 0. The number of carbonyl (C=O) groups excluding carboxylic acids is 1. The number of hydrogen-bond acceptors (Lipinski definition) is 4. The average Bonchev–Trinajstić information content (AvgIpc) is 2.63. The SMILES string of the molecule is O=C(Cc1nn2ccc3ccccc3c2nc1=O)c1ccccc1. The second-order valence-corrected chi connectivity index (χ2v) is 5.50. The fraction of sp³-hybridized carbons (Fsp3) is 0.0526. The van der Waals surface area contributed by atoms with Crippen molar-refractivity contribution in [1.82, 2.24) is 14.6 Å². The van der Waals surface area contributed by atoms with Gasteiger partial charge in [-0.1, -0.05) is 54.6 Å². The Morgan fingerprint density at radius 3 is 2.54 bits per heavy atom. The molecule has 0 unspecified atom stereocenters. The Morgan fingerprint density at radius 1 is 0.958 bits per heavy atom. The molecule has 2 aromatic carbocycles. The fourth-order valence-electron chi connectivity index (χ4n) is 2.71. The van der Waals surface area contributed by atoms with Crippen LogP contribution in [-0.4, -0.2) is 20.4 Å². The van der Waals surface area contributed by atoms with E-state index in [1.165, 1.54) is 0 Å². The van der Waals surface area contributed by atoms with Crippen molar-refractivity contribution in [3.63, 3.8) is 0 Å². The van der Waals surface area contributed by atoms with Crippen LogP contribution in [0.3, 0.4) is 0 Å². The predicted molar refractivity (Wildman–Crippen MR) is 91.2 cm³/mol. The van der Waals surface area contributed by atoms with E-state index in [0.717, 1.165) is 10.8 Å². The lowest BCUT2D eigenvalue weighted by atomic mass is 10.1. The standard InChI is InChI=1S/C19H13N3O2/c23-17(14-7-2-1-3-8-14)12-16-19(24)20-18-15-9-5-4-6-13(15)10-11-22(18)21-16/h1-11H,12H2. The lowest BCUT2D eigenvalue weighted by Gasteiger charge is -2.06. The van der Waals surface area contributed by atoms with Crippen LogP contribution in [0.2, 0.25) is 0 Å². The van der Waals surface area contributed by atoms with Crippen molar-refractivity contribution < 1.29 is 4.79 Å². The molecule has 0 saturated heterocycles. The number of ketones is 1. The van der Waals surface area contributed by atoms with E-state index in [-0.39, 0.29) is 17.9 Å². The molecular weight excluding hydrogens is 302 g/mol. The summed E-state index contributed by atoms with van der Waals surface area (Å²) in [7, 11) is 0. The van der Waals surface area contributed by atoms with Gasteiger partial charge in [-0.3, -0.25) is 9.59 Å². The van der Waals surface area contributed by atoms with Crippen LogP contribution in [0.15, 0.2) is 71.7 Å². The molecule has 0 spiro atoms. The summed E-state index contributed by atoms with van der Waals surface area (Å²) >= 11 is 0. The summed E-state index contributed by atoms with van der Waals surface area (Å²) in [6, 6.07) is 18.4. The molecule has 2 heterocycles. The molecule has 0 amide bonds. The van der Waals surface area contributed by atoms with Crippen LogP contribution in [0.1, 0.15) is 16.1 Å². The Labute approximate surface area is 137 Å². The van der Waals surface area contributed by atoms with Crippen molar-refractivity contribution in [3.8, 4) is 0 Å². The van der Waals surface area contributed by atoms with Gasteiger partial charge in [0.25, 0.3) is 5.56 Å². The van der Waals surface area contributed by atoms with Gasteiger partial charge >= 0.3 is 0 Å². The zero-order valence-electron chi connectivity index (χ0n) is 12.7. The number of Topliss-reactive ketones (excluding diaryl/α,β-unsaturated/α-hetero) is 1. The van der Waals surface area contributed by atoms with E-state index in [0.29, 0.717) is 11.2 Å². The van der Waals surface area contributed by atoms with Crippen LogP contribution in [0, 0.1) is 0 Å². The minimum absolute atomic E-state index is 0.0639. The molecule has 24 heavy (non-hydrogen) atoms. The molecule has 5 heteroatoms. The average molecular weight is 315 g/mol. The molecule has 0 aliphatic rings. The minimum atomic E-state index is -0.462. The topological polar surface area (TPSA) is 64.3 Å². The number of benzene rings is 2. The van der Waals surface area contributed by atoms with Crippen molar-refractivity contribution in [3.05, 3.63) is 88.5 Å². The highest BCUT2D eigenvalue weighted by atomic mass is 16.1. The van der Waals surface area contributed by atoms with Gasteiger partial charge in [0.2, 0.25) is 0 Å². The van der Waals surface area contributed by atoms with Gasteiger partial charge in [-0.25, -0.2) is 4.52 Å². The maximum absolute atomic E-state index is 12.3. The van der Waals surface area contributed by atoms with Crippen LogP contribution in [0.5, 0.6) is 0 Å². The van der Waals surface area contributed by atoms with Gasteiger partial charge in [0, 0.05) is 17.1 Å². The highest BCUT2D eigenvalue weighted by Gasteiger charge is 2.13. The number of pyridine rings is 1. The highest BCUT2D eigenvalue weighted by molar-refractivity contribution is 5.97. The summed E-state index contributed by atoms with van der Waals surface area (Å²) in [5.74, 6) is -0.150. The quantitative estimate of drug-likeness (QED) is 0.431. The van der Waals surface area contributed by atoms with Crippen molar-refractivity contribution in [2.75, 3.05) is 0 Å². The van der Waals surface area contributed by atoms with Crippen molar-refractivity contribution in [1.29, 1.82) is 0 Å². The summed E-state index contributed by atoms with van der Waals surface area (Å²) < 4.78 is 1.55. The molecule has 0 bridgehead atoms. The van der Waals surface area contributed by atoms with Crippen molar-refractivity contribution in [2.45, 2.75) is 6.42 Å². The first-order valence-electron chi connectivity index (χ1n) is 7.58. The van der Waals surface area contributed by atoms with E-state index in [1.807, 2.05) is 36.4 Å². The van der Waals surface area contributed by atoms with Crippen LogP contribution >= 0.6 is 0 Å². The van der Waals surface area contributed by atoms with E-state index in [1.54, 1.807) is 35.0 Å². The third-order valence-electron chi connectivity index (χ3n) is 3.92. The van der Waals surface area contributed by atoms with Crippen molar-refractivity contribution >= 4 is 22.2 Å². The van der Waals surface area contributed by atoms with Crippen LogP contribution < -0.4 is 5.56 Å². The smallest absolute Gasteiger partial charge is 0.294 e. The summed E-state index contributed by atoms with van der Waals surface area (Å²) in [6.07, 6.45) is 1.69. The number of fused-ring (bicyclic) bond motifs is 3. The molecule has 0 N–H and O–H groups in total. The van der Waals surface area contributed by atoms with Gasteiger partial charge in [-0.2, -0.15) is 10.1 Å². The molecule has 4 rings (SSSR count). The second-order valence-electron chi connectivity index (χ2n) is 5.50. The molecule has 0 atom stereocenters. The van der Waals surface area contributed by atoms with Crippen molar-refractivity contribution in [2.24, 2.45) is 0 Å². The third-order valence-corrected chi connectivity index (χ3v) is 3.92. The van der Waals surface area contributed by atoms with E-state index < -0.39 is 5.56 Å². The molecule has 0 radical (unpaired) electrons. The maximum atomic E-state index is 12.3. The molecule has 0 aliphatic heterocycles. The summed E-state index contributed by atoms with van der Waals surface area (Å²) in [4.78, 5) is 28.7. The van der Waals surface area contributed by atoms with Gasteiger partial charge < -0.3 is 0 Å². The summed E-state index contributed by atoms with van der Waals surface area (Å²) in [6.45, 7) is 0. The molecule has 5 nitrogen and oxygen atoms in total. The summed E-state index contributed by atoms with van der Waals surface area (Å²) in [5.41, 5.74) is 0.739. The van der Waals surface area contributed by atoms with E-state index in [2.05, 4.69) is 10.1 Å². The van der Waals surface area contributed by atoms with Gasteiger partial charge in [0.15, 0.2) is 11.4 Å². The third kappa shape index (κ3) is 2.46. The molecule has 116 valence electrons. The Morgan fingerprint density at radius 2 is 1.71 bits per heavy atom. The van der Waals surface area contributed by atoms with Crippen LogP contribution in [0.4, 0.5) is 0 Å². The number of aromatic nitrogens is 3. The first-order valence-corrected chi connectivity index (χ1v) is 7.58. The predicted octanol–water partition coefficient (Wildman–Crippen LogP) is 2.67. The Bertz CT molecular complexity index is 1120. The largest absolute Gasteiger partial charge is 0.295 e. The fourth-order valence-corrected chi connectivity index (χ4v) is 2.71. The molecule has 4 aromatic rings. The van der Waals surface area contributed by atoms with Gasteiger partial charge in [-0.15, -0.1) is 0 Å². The second kappa shape index (κ2) is 5.70. The minimum Gasteiger partial charge on any atom is -0.294 e. The molecule has 0 aliphatic carbocycles. The molecule has 0 fully saturated rings. The molecular formula is C19H13N3O2. The lowest BCUT2D eigenvalue weighted by molar-refractivity contribution is 0.0991. The first kappa shape index (κ1) is 14.3. The number of nitrogens with zero attached hydrogens (tertiary/aromatic N) is 3. The Balaban J connectivity index is 1.80. The molecule has 0 saturated carbocycles. The Hall–Kier alpha value is -3.34. The van der Waals surface area contributed by atoms with Crippen LogP contribution in [-0.2, 0) is 6.42 Å². The number of rotatable bonds is 3. The zero-order valence-corrected chi connectivity index (χ0v) is 12.7.